The molecule has 1 aromatic carbocycles. The second kappa shape index (κ2) is 5.13. The standard InChI is InChI=1S/C16H22O2/c1-3-13-8-9-16(10-13,15(17)18)11-14-7-5-4-6-12(14)2/h4-7,13H,3,8-11H2,1-2H3,(H,17,18). The quantitative estimate of drug-likeness (QED) is 0.877. The molecule has 0 aromatic heterocycles. The third kappa shape index (κ3) is 2.43. The third-order valence-corrected chi connectivity index (χ3v) is 4.53. The predicted molar refractivity (Wildman–Crippen MR) is 72.6 cm³/mol. The van der Waals surface area contributed by atoms with Crippen LogP contribution in [0.15, 0.2) is 24.3 Å². The Labute approximate surface area is 109 Å². The summed E-state index contributed by atoms with van der Waals surface area (Å²) < 4.78 is 0. The molecule has 2 nitrogen and oxygen atoms in total. The summed E-state index contributed by atoms with van der Waals surface area (Å²) >= 11 is 0. The molecule has 0 spiro atoms. The first-order valence-electron chi connectivity index (χ1n) is 6.85. The van der Waals surface area contributed by atoms with Crippen LogP contribution in [-0.4, -0.2) is 11.1 Å². The van der Waals surface area contributed by atoms with E-state index in [4.69, 9.17) is 0 Å². The first-order chi connectivity index (χ1) is 8.57. The van der Waals surface area contributed by atoms with Gasteiger partial charge in [0.05, 0.1) is 5.41 Å². The maximum Gasteiger partial charge on any atom is 0.309 e. The lowest BCUT2D eigenvalue weighted by Gasteiger charge is -2.25. The summed E-state index contributed by atoms with van der Waals surface area (Å²) in [6, 6.07) is 8.15. The molecule has 2 heteroatoms. The molecule has 98 valence electrons. The maximum atomic E-state index is 11.7. The van der Waals surface area contributed by atoms with Crippen molar-refractivity contribution in [1.82, 2.24) is 0 Å². The predicted octanol–water partition coefficient (Wildman–Crippen LogP) is 3.82. The van der Waals surface area contributed by atoms with Crippen LogP contribution in [-0.2, 0) is 11.2 Å². The average molecular weight is 246 g/mol. The van der Waals surface area contributed by atoms with Gasteiger partial charge in [0.15, 0.2) is 0 Å². The molecule has 0 amide bonds. The number of rotatable bonds is 4. The van der Waals surface area contributed by atoms with Crippen LogP contribution in [0.4, 0.5) is 0 Å². The van der Waals surface area contributed by atoms with Gasteiger partial charge in [-0.15, -0.1) is 0 Å². The van der Waals surface area contributed by atoms with E-state index < -0.39 is 11.4 Å². The SMILES string of the molecule is CCC1CCC(Cc2ccccc2C)(C(=O)O)C1. The minimum atomic E-state index is -0.610. The number of carbonyl (C=O) groups is 1. The Hall–Kier alpha value is -1.31. The number of benzene rings is 1. The van der Waals surface area contributed by atoms with Crippen molar-refractivity contribution in [2.45, 2.75) is 46.0 Å². The van der Waals surface area contributed by atoms with Crippen LogP contribution >= 0.6 is 0 Å². The van der Waals surface area contributed by atoms with E-state index in [0.29, 0.717) is 12.3 Å². The number of hydrogen-bond acceptors (Lipinski definition) is 1. The lowest BCUT2D eigenvalue weighted by Crippen LogP contribution is -2.31. The van der Waals surface area contributed by atoms with Gasteiger partial charge in [-0.1, -0.05) is 37.6 Å². The number of aliphatic carboxylic acids is 1. The van der Waals surface area contributed by atoms with E-state index in [1.807, 2.05) is 12.1 Å². The lowest BCUT2D eigenvalue weighted by atomic mass is 9.78. The molecule has 1 aromatic rings. The van der Waals surface area contributed by atoms with Crippen LogP contribution in [0.2, 0.25) is 0 Å². The van der Waals surface area contributed by atoms with Crippen LogP contribution in [0, 0.1) is 18.3 Å². The molecule has 0 aliphatic heterocycles. The van der Waals surface area contributed by atoms with Crippen molar-refractivity contribution in [2.24, 2.45) is 11.3 Å². The van der Waals surface area contributed by atoms with E-state index in [0.717, 1.165) is 25.7 Å². The third-order valence-electron chi connectivity index (χ3n) is 4.53. The highest BCUT2D eigenvalue weighted by molar-refractivity contribution is 5.75. The minimum Gasteiger partial charge on any atom is -0.481 e. The van der Waals surface area contributed by atoms with Gasteiger partial charge in [-0.05, 0) is 49.7 Å². The summed E-state index contributed by atoms with van der Waals surface area (Å²) in [5, 5.41) is 9.63. The molecule has 1 fully saturated rings. The van der Waals surface area contributed by atoms with Crippen LogP contribution < -0.4 is 0 Å². The number of hydrogen-bond donors (Lipinski definition) is 1. The van der Waals surface area contributed by atoms with E-state index in [1.54, 1.807) is 0 Å². The summed E-state index contributed by atoms with van der Waals surface area (Å²) in [5.74, 6) is -0.0215. The molecule has 1 aliphatic rings. The molecule has 1 N–H and O–H groups in total. The molecule has 2 unspecified atom stereocenters. The molecule has 0 radical (unpaired) electrons. The highest BCUT2D eigenvalue weighted by Crippen LogP contribution is 2.45. The van der Waals surface area contributed by atoms with Crippen LogP contribution in [0.1, 0.15) is 43.7 Å². The largest absolute Gasteiger partial charge is 0.481 e. The Balaban J connectivity index is 2.23. The molecular formula is C16H22O2. The zero-order chi connectivity index (χ0) is 13.2. The van der Waals surface area contributed by atoms with E-state index in [1.165, 1.54) is 11.1 Å². The summed E-state index contributed by atoms with van der Waals surface area (Å²) in [4.78, 5) is 11.7. The van der Waals surface area contributed by atoms with Gasteiger partial charge in [0, 0.05) is 0 Å². The highest BCUT2D eigenvalue weighted by atomic mass is 16.4. The van der Waals surface area contributed by atoms with Gasteiger partial charge < -0.3 is 5.11 Å². The summed E-state index contributed by atoms with van der Waals surface area (Å²) in [6.45, 7) is 4.23. The fraction of sp³-hybridized carbons (Fsp3) is 0.562. The van der Waals surface area contributed by atoms with Crippen molar-refractivity contribution in [1.29, 1.82) is 0 Å². The van der Waals surface area contributed by atoms with Gasteiger partial charge in [-0.3, -0.25) is 4.79 Å². The molecule has 2 atom stereocenters. The van der Waals surface area contributed by atoms with Gasteiger partial charge in [-0.25, -0.2) is 0 Å². The number of carboxylic acids is 1. The molecule has 2 rings (SSSR count). The maximum absolute atomic E-state index is 11.7. The van der Waals surface area contributed by atoms with Crippen molar-refractivity contribution in [2.75, 3.05) is 0 Å². The summed E-state index contributed by atoms with van der Waals surface area (Å²) in [7, 11) is 0. The first kappa shape index (κ1) is 13.1. The smallest absolute Gasteiger partial charge is 0.309 e. The van der Waals surface area contributed by atoms with Crippen molar-refractivity contribution in [3.8, 4) is 0 Å². The van der Waals surface area contributed by atoms with E-state index in [9.17, 15) is 9.90 Å². The zero-order valence-electron chi connectivity index (χ0n) is 11.3. The molecule has 18 heavy (non-hydrogen) atoms. The first-order valence-corrected chi connectivity index (χ1v) is 6.85. The summed E-state index contributed by atoms with van der Waals surface area (Å²) in [5.41, 5.74) is 1.88. The zero-order valence-corrected chi connectivity index (χ0v) is 11.3. The van der Waals surface area contributed by atoms with Crippen molar-refractivity contribution < 1.29 is 9.90 Å². The molecule has 0 heterocycles. The Morgan fingerprint density at radius 2 is 2.17 bits per heavy atom. The molecule has 1 saturated carbocycles. The Morgan fingerprint density at radius 3 is 2.72 bits per heavy atom. The number of carboxylic acid groups (broad SMARTS) is 1. The van der Waals surface area contributed by atoms with Crippen LogP contribution in [0.5, 0.6) is 0 Å². The van der Waals surface area contributed by atoms with Gasteiger partial charge in [0.25, 0.3) is 0 Å². The highest BCUT2D eigenvalue weighted by Gasteiger charge is 2.44. The normalized spacial score (nSPS) is 27.3. The van der Waals surface area contributed by atoms with E-state index in [-0.39, 0.29) is 0 Å². The Morgan fingerprint density at radius 1 is 1.44 bits per heavy atom. The van der Waals surface area contributed by atoms with E-state index >= 15 is 0 Å². The fourth-order valence-corrected chi connectivity index (χ4v) is 3.19. The average Bonchev–Trinajstić information content (AvgIpc) is 2.77. The monoisotopic (exact) mass is 246 g/mol. The lowest BCUT2D eigenvalue weighted by molar-refractivity contribution is -0.148. The molecule has 1 aliphatic carbocycles. The van der Waals surface area contributed by atoms with Gasteiger partial charge in [0.2, 0.25) is 0 Å². The Bertz CT molecular complexity index is 438. The van der Waals surface area contributed by atoms with Gasteiger partial charge in [0.1, 0.15) is 0 Å². The topological polar surface area (TPSA) is 37.3 Å². The van der Waals surface area contributed by atoms with Gasteiger partial charge >= 0.3 is 5.97 Å². The van der Waals surface area contributed by atoms with Crippen LogP contribution in [0.3, 0.4) is 0 Å². The fourth-order valence-electron chi connectivity index (χ4n) is 3.19. The van der Waals surface area contributed by atoms with Crippen molar-refractivity contribution >= 4 is 5.97 Å². The molecule has 0 bridgehead atoms. The van der Waals surface area contributed by atoms with Crippen LogP contribution in [0.25, 0.3) is 0 Å². The number of aryl methyl sites for hydroxylation is 1. The molecular weight excluding hydrogens is 224 g/mol. The van der Waals surface area contributed by atoms with Crippen molar-refractivity contribution in [3.63, 3.8) is 0 Å². The molecule has 0 saturated heterocycles. The second-order valence-corrected chi connectivity index (χ2v) is 5.71. The minimum absolute atomic E-state index is 0.521. The second-order valence-electron chi connectivity index (χ2n) is 5.71. The Kier molecular flexibility index (Phi) is 3.74. The van der Waals surface area contributed by atoms with Gasteiger partial charge in [-0.2, -0.15) is 0 Å². The summed E-state index contributed by atoms with van der Waals surface area (Å²) in [6.07, 6.45) is 4.52. The van der Waals surface area contributed by atoms with E-state index in [2.05, 4.69) is 26.0 Å². The van der Waals surface area contributed by atoms with Crippen molar-refractivity contribution in [3.05, 3.63) is 35.4 Å².